The van der Waals surface area contributed by atoms with Crippen molar-refractivity contribution in [3.05, 3.63) is 36.0 Å². The largest absolute Gasteiger partial charge is 0.418 e. The number of benzene rings is 1. The van der Waals surface area contributed by atoms with Crippen LogP contribution in [0.4, 0.5) is 18.9 Å². The van der Waals surface area contributed by atoms with Gasteiger partial charge in [0.1, 0.15) is 5.52 Å². The van der Waals surface area contributed by atoms with Crippen LogP contribution in [0.3, 0.4) is 0 Å². The predicted molar refractivity (Wildman–Crippen MR) is 109 cm³/mol. The van der Waals surface area contributed by atoms with Gasteiger partial charge in [0, 0.05) is 56.0 Å². The maximum atomic E-state index is 12.7. The Bertz CT molecular complexity index is 1080. The highest BCUT2D eigenvalue weighted by Crippen LogP contribution is 2.36. The number of nitrogens with zero attached hydrogens (tertiary/aromatic N) is 5. The number of hydrogen-bond acceptors (Lipinski definition) is 8. The van der Waals surface area contributed by atoms with Crippen LogP contribution in [-0.4, -0.2) is 77.4 Å². The Kier molecular flexibility index (Phi) is 5.48. The summed E-state index contributed by atoms with van der Waals surface area (Å²) in [4.78, 5) is 8.75. The molecule has 4 heterocycles. The van der Waals surface area contributed by atoms with E-state index in [1.165, 1.54) is 12.1 Å². The summed E-state index contributed by atoms with van der Waals surface area (Å²) in [7, 11) is 0. The minimum atomic E-state index is -4.74. The molecule has 170 valence electrons. The third kappa shape index (κ3) is 4.15. The van der Waals surface area contributed by atoms with Crippen molar-refractivity contribution >= 4 is 16.7 Å². The normalized spacial score (nSPS) is 19.3. The first kappa shape index (κ1) is 21.1. The molecule has 1 N–H and O–H groups in total. The number of morpholine rings is 1. The van der Waals surface area contributed by atoms with Crippen molar-refractivity contribution in [1.29, 1.82) is 0 Å². The molecule has 0 bridgehead atoms. The second-order valence-corrected chi connectivity index (χ2v) is 8.23. The molecular weight excluding hydrogens is 427 g/mol. The Morgan fingerprint density at radius 3 is 2.59 bits per heavy atom. The molecule has 2 saturated heterocycles. The summed E-state index contributed by atoms with van der Waals surface area (Å²) in [5.41, 5.74) is 2.91. The maximum absolute atomic E-state index is 12.7. The van der Waals surface area contributed by atoms with Gasteiger partial charge < -0.3 is 14.7 Å². The predicted octanol–water partition coefficient (Wildman–Crippen LogP) is 2.65. The van der Waals surface area contributed by atoms with Gasteiger partial charge in [0.25, 0.3) is 0 Å². The van der Waals surface area contributed by atoms with Crippen molar-refractivity contribution in [3.8, 4) is 11.3 Å². The maximum Gasteiger partial charge on any atom is 0.418 e. The molecule has 1 atom stereocenters. The van der Waals surface area contributed by atoms with Crippen LogP contribution in [0.25, 0.3) is 22.3 Å². The number of alkyl halides is 3. The minimum absolute atomic E-state index is 0.306. The van der Waals surface area contributed by atoms with Crippen LogP contribution in [-0.2, 0) is 4.74 Å². The summed E-state index contributed by atoms with van der Waals surface area (Å²) < 4.78 is 48.6. The molecule has 0 saturated carbocycles. The zero-order valence-electron chi connectivity index (χ0n) is 17.1. The standard InChI is InChI=1S/C21H22F3N5O3/c22-21(23,24)20(30)14-1-2-16(25-9-14)15-7-17-19(27-32-26-17)18(8-15)29-11-13(12-29)10-28-3-5-31-6-4-28/h1-2,7-9,13,20,30H,3-6,10-12H2. The molecule has 32 heavy (non-hydrogen) atoms. The molecule has 2 aliphatic heterocycles. The molecule has 1 aromatic carbocycles. The van der Waals surface area contributed by atoms with Crippen LogP contribution in [0.5, 0.6) is 0 Å². The molecule has 3 aromatic rings. The molecule has 0 aliphatic carbocycles. The number of fused-ring (bicyclic) bond motifs is 1. The van der Waals surface area contributed by atoms with E-state index in [2.05, 4.69) is 25.1 Å². The first-order valence-corrected chi connectivity index (χ1v) is 10.4. The molecule has 8 nitrogen and oxygen atoms in total. The van der Waals surface area contributed by atoms with E-state index in [4.69, 9.17) is 9.37 Å². The van der Waals surface area contributed by atoms with Gasteiger partial charge in [-0.3, -0.25) is 9.88 Å². The lowest BCUT2D eigenvalue weighted by atomic mass is 9.97. The van der Waals surface area contributed by atoms with E-state index in [1.54, 1.807) is 6.07 Å². The number of ether oxygens (including phenoxy) is 1. The zero-order chi connectivity index (χ0) is 22.3. The third-order valence-corrected chi connectivity index (χ3v) is 5.97. The molecule has 5 rings (SSSR count). The van der Waals surface area contributed by atoms with E-state index >= 15 is 0 Å². The van der Waals surface area contributed by atoms with Gasteiger partial charge in [-0.05, 0) is 28.5 Å². The fourth-order valence-corrected chi connectivity index (χ4v) is 4.22. The Morgan fingerprint density at radius 2 is 1.91 bits per heavy atom. The number of aromatic nitrogens is 3. The topological polar surface area (TPSA) is 87.8 Å². The van der Waals surface area contributed by atoms with Crippen LogP contribution in [0.1, 0.15) is 11.7 Å². The van der Waals surface area contributed by atoms with E-state index in [1.807, 2.05) is 6.07 Å². The number of aliphatic hydroxyl groups excluding tert-OH is 1. The average Bonchev–Trinajstić information content (AvgIpc) is 3.24. The number of aliphatic hydroxyl groups is 1. The van der Waals surface area contributed by atoms with E-state index in [9.17, 15) is 18.3 Å². The van der Waals surface area contributed by atoms with Crippen molar-refractivity contribution in [2.75, 3.05) is 50.8 Å². The molecule has 0 spiro atoms. The number of rotatable bonds is 5. The van der Waals surface area contributed by atoms with Crippen molar-refractivity contribution in [3.63, 3.8) is 0 Å². The number of anilines is 1. The van der Waals surface area contributed by atoms with Crippen molar-refractivity contribution in [1.82, 2.24) is 20.2 Å². The van der Waals surface area contributed by atoms with Crippen molar-refractivity contribution in [2.24, 2.45) is 5.92 Å². The summed E-state index contributed by atoms with van der Waals surface area (Å²) in [5, 5.41) is 17.4. The van der Waals surface area contributed by atoms with Crippen LogP contribution in [0.2, 0.25) is 0 Å². The second-order valence-electron chi connectivity index (χ2n) is 8.23. The van der Waals surface area contributed by atoms with Gasteiger partial charge in [-0.1, -0.05) is 6.07 Å². The van der Waals surface area contributed by atoms with Gasteiger partial charge in [-0.25, -0.2) is 4.63 Å². The van der Waals surface area contributed by atoms with Crippen LogP contribution in [0, 0.1) is 5.92 Å². The number of hydrogen-bond donors (Lipinski definition) is 1. The summed E-state index contributed by atoms with van der Waals surface area (Å²) in [6.45, 7) is 6.21. The van der Waals surface area contributed by atoms with Crippen LogP contribution < -0.4 is 4.90 Å². The lowest BCUT2D eigenvalue weighted by molar-refractivity contribution is -0.206. The van der Waals surface area contributed by atoms with Gasteiger partial charge in [0.05, 0.1) is 24.6 Å². The quantitative estimate of drug-likeness (QED) is 0.636. The fourth-order valence-electron chi connectivity index (χ4n) is 4.22. The molecule has 1 unspecified atom stereocenters. The smallest absolute Gasteiger partial charge is 0.379 e. The first-order chi connectivity index (χ1) is 15.4. The Labute approximate surface area is 181 Å². The Morgan fingerprint density at radius 1 is 1.12 bits per heavy atom. The molecular formula is C21H22F3N5O3. The van der Waals surface area contributed by atoms with Crippen LogP contribution >= 0.6 is 0 Å². The molecule has 0 radical (unpaired) electrons. The van der Waals surface area contributed by atoms with E-state index in [0.717, 1.165) is 57.8 Å². The van der Waals surface area contributed by atoms with Gasteiger partial charge in [0.2, 0.25) is 0 Å². The average molecular weight is 449 g/mol. The van der Waals surface area contributed by atoms with Gasteiger partial charge in [0.15, 0.2) is 11.6 Å². The van der Waals surface area contributed by atoms with E-state index < -0.39 is 12.3 Å². The monoisotopic (exact) mass is 449 g/mol. The molecule has 2 aromatic heterocycles. The van der Waals surface area contributed by atoms with Gasteiger partial charge in [-0.15, -0.1) is 0 Å². The van der Waals surface area contributed by atoms with Crippen LogP contribution in [0.15, 0.2) is 35.1 Å². The zero-order valence-corrected chi connectivity index (χ0v) is 17.1. The molecule has 2 aliphatic rings. The molecule has 0 amide bonds. The third-order valence-electron chi connectivity index (χ3n) is 5.97. The van der Waals surface area contributed by atoms with Crippen molar-refractivity contribution in [2.45, 2.75) is 12.3 Å². The van der Waals surface area contributed by atoms with Crippen molar-refractivity contribution < 1.29 is 27.6 Å². The molecule has 2 fully saturated rings. The summed E-state index contributed by atoms with van der Waals surface area (Å²) in [5.74, 6) is 0.535. The number of halogens is 3. The highest BCUT2D eigenvalue weighted by atomic mass is 19.4. The van der Waals surface area contributed by atoms with E-state index in [-0.39, 0.29) is 5.56 Å². The van der Waals surface area contributed by atoms with Gasteiger partial charge in [-0.2, -0.15) is 13.2 Å². The summed E-state index contributed by atoms with van der Waals surface area (Å²) in [6.07, 6.45) is -6.26. The highest BCUT2D eigenvalue weighted by Gasteiger charge is 2.39. The Hall–Kier alpha value is -2.76. The lowest BCUT2D eigenvalue weighted by Crippen LogP contribution is -2.53. The Balaban J connectivity index is 1.35. The first-order valence-electron chi connectivity index (χ1n) is 10.4. The number of pyridine rings is 1. The fraction of sp³-hybridized carbons (Fsp3) is 0.476. The van der Waals surface area contributed by atoms with Gasteiger partial charge >= 0.3 is 6.18 Å². The second kappa shape index (κ2) is 8.30. The molecule has 11 heteroatoms. The summed E-state index contributed by atoms with van der Waals surface area (Å²) in [6, 6.07) is 6.33. The summed E-state index contributed by atoms with van der Waals surface area (Å²) >= 11 is 0. The SMILES string of the molecule is OC(c1ccc(-c2cc(N3CC(CN4CCOCC4)C3)c3nonc3c2)nc1)C(F)(F)F. The highest BCUT2D eigenvalue weighted by molar-refractivity contribution is 5.92. The van der Waals surface area contributed by atoms with E-state index in [0.29, 0.717) is 28.2 Å². The minimum Gasteiger partial charge on any atom is -0.379 e. The lowest BCUT2D eigenvalue weighted by Gasteiger charge is -2.43.